The smallest absolute Gasteiger partial charge is 0.256 e. The normalized spacial score (nSPS) is 16.1. The van der Waals surface area contributed by atoms with Gasteiger partial charge in [-0.2, -0.15) is 0 Å². The third-order valence-corrected chi connectivity index (χ3v) is 3.33. The van der Waals surface area contributed by atoms with E-state index < -0.39 is 5.82 Å². The second-order valence-electron chi connectivity index (χ2n) is 4.63. The van der Waals surface area contributed by atoms with Gasteiger partial charge in [-0.25, -0.2) is 4.39 Å². The van der Waals surface area contributed by atoms with Crippen molar-refractivity contribution >= 4 is 11.8 Å². The summed E-state index contributed by atoms with van der Waals surface area (Å²) in [6, 6.07) is 5.99. The summed E-state index contributed by atoms with van der Waals surface area (Å²) >= 11 is 0. The van der Waals surface area contributed by atoms with Gasteiger partial charge < -0.3 is 9.80 Å². The van der Waals surface area contributed by atoms with Gasteiger partial charge in [-0.05, 0) is 18.6 Å². The van der Waals surface area contributed by atoms with Crippen molar-refractivity contribution in [1.29, 1.82) is 0 Å². The van der Waals surface area contributed by atoms with Gasteiger partial charge in [-0.1, -0.05) is 12.1 Å². The third kappa shape index (κ3) is 3.10. The van der Waals surface area contributed by atoms with E-state index in [1.807, 2.05) is 0 Å². The van der Waals surface area contributed by atoms with Crippen LogP contribution in [0.2, 0.25) is 0 Å². The lowest BCUT2D eigenvalue weighted by molar-refractivity contribution is -0.128. The summed E-state index contributed by atoms with van der Waals surface area (Å²) in [6.07, 6.45) is 0.722. The SMILES string of the molecule is CC(=O)N1CCCN(C(=O)c2ccccc2F)CC1. The molecule has 0 saturated carbocycles. The summed E-state index contributed by atoms with van der Waals surface area (Å²) in [7, 11) is 0. The van der Waals surface area contributed by atoms with Crippen LogP contribution in [0.4, 0.5) is 4.39 Å². The van der Waals surface area contributed by atoms with Gasteiger partial charge in [0.05, 0.1) is 5.56 Å². The Labute approximate surface area is 111 Å². The zero-order valence-electron chi connectivity index (χ0n) is 10.9. The Morgan fingerprint density at radius 2 is 1.68 bits per heavy atom. The second kappa shape index (κ2) is 5.82. The topological polar surface area (TPSA) is 40.6 Å². The van der Waals surface area contributed by atoms with Gasteiger partial charge in [0.25, 0.3) is 5.91 Å². The van der Waals surface area contributed by atoms with Crippen LogP contribution in [-0.2, 0) is 4.79 Å². The predicted molar refractivity (Wildman–Crippen MR) is 69.2 cm³/mol. The van der Waals surface area contributed by atoms with E-state index in [-0.39, 0.29) is 17.4 Å². The Morgan fingerprint density at radius 1 is 1.05 bits per heavy atom. The summed E-state index contributed by atoms with van der Waals surface area (Å²) in [4.78, 5) is 26.9. The van der Waals surface area contributed by atoms with E-state index >= 15 is 0 Å². The van der Waals surface area contributed by atoms with Crippen LogP contribution >= 0.6 is 0 Å². The molecule has 102 valence electrons. The average Bonchev–Trinajstić information content (AvgIpc) is 2.64. The number of carbonyl (C=O) groups excluding carboxylic acids is 2. The van der Waals surface area contributed by atoms with E-state index in [0.717, 1.165) is 6.42 Å². The van der Waals surface area contributed by atoms with Crippen molar-refractivity contribution in [2.75, 3.05) is 26.2 Å². The highest BCUT2D eigenvalue weighted by atomic mass is 19.1. The third-order valence-electron chi connectivity index (χ3n) is 3.33. The van der Waals surface area contributed by atoms with Crippen LogP contribution in [-0.4, -0.2) is 47.8 Å². The fraction of sp³-hybridized carbons (Fsp3) is 0.429. The van der Waals surface area contributed by atoms with Gasteiger partial charge in [-0.3, -0.25) is 9.59 Å². The van der Waals surface area contributed by atoms with E-state index in [1.54, 1.807) is 21.9 Å². The minimum Gasteiger partial charge on any atom is -0.341 e. The molecule has 1 aliphatic heterocycles. The van der Waals surface area contributed by atoms with Gasteiger partial charge in [0.2, 0.25) is 5.91 Å². The molecule has 1 aliphatic rings. The van der Waals surface area contributed by atoms with E-state index in [1.165, 1.54) is 19.1 Å². The van der Waals surface area contributed by atoms with Crippen LogP contribution in [0.1, 0.15) is 23.7 Å². The Bertz CT molecular complexity index is 490. The summed E-state index contributed by atoms with van der Waals surface area (Å²) in [5, 5.41) is 0. The molecule has 1 heterocycles. The summed E-state index contributed by atoms with van der Waals surface area (Å²) in [6.45, 7) is 3.68. The van der Waals surface area contributed by atoms with Gasteiger partial charge in [0, 0.05) is 33.1 Å². The van der Waals surface area contributed by atoms with Crippen molar-refractivity contribution in [2.24, 2.45) is 0 Å². The zero-order chi connectivity index (χ0) is 13.8. The number of amides is 2. The minimum absolute atomic E-state index is 0.0141. The maximum Gasteiger partial charge on any atom is 0.256 e. The van der Waals surface area contributed by atoms with Crippen molar-refractivity contribution in [3.8, 4) is 0 Å². The van der Waals surface area contributed by atoms with Crippen molar-refractivity contribution in [3.05, 3.63) is 35.6 Å². The van der Waals surface area contributed by atoms with Crippen molar-refractivity contribution in [1.82, 2.24) is 9.80 Å². The molecule has 2 amide bonds. The molecule has 19 heavy (non-hydrogen) atoms. The molecule has 0 aliphatic carbocycles. The first-order valence-electron chi connectivity index (χ1n) is 6.39. The fourth-order valence-electron chi connectivity index (χ4n) is 2.24. The lowest BCUT2D eigenvalue weighted by atomic mass is 10.2. The lowest BCUT2D eigenvalue weighted by Gasteiger charge is -2.21. The van der Waals surface area contributed by atoms with E-state index in [9.17, 15) is 14.0 Å². The summed E-state index contributed by atoms with van der Waals surface area (Å²) < 4.78 is 13.6. The number of halogens is 1. The molecule has 0 N–H and O–H groups in total. The van der Waals surface area contributed by atoms with E-state index in [0.29, 0.717) is 26.2 Å². The quantitative estimate of drug-likeness (QED) is 0.771. The van der Waals surface area contributed by atoms with Crippen LogP contribution in [0.15, 0.2) is 24.3 Å². The molecule has 0 radical (unpaired) electrons. The van der Waals surface area contributed by atoms with Gasteiger partial charge in [0.15, 0.2) is 0 Å². The number of nitrogens with zero attached hydrogens (tertiary/aromatic N) is 2. The molecule has 0 unspecified atom stereocenters. The van der Waals surface area contributed by atoms with Crippen molar-refractivity contribution < 1.29 is 14.0 Å². The molecule has 4 nitrogen and oxygen atoms in total. The van der Waals surface area contributed by atoms with Crippen LogP contribution in [0.5, 0.6) is 0 Å². The fourth-order valence-corrected chi connectivity index (χ4v) is 2.24. The maximum absolute atomic E-state index is 13.6. The first kappa shape index (κ1) is 13.5. The summed E-state index contributed by atoms with van der Waals surface area (Å²) in [5.74, 6) is -0.788. The van der Waals surface area contributed by atoms with E-state index in [2.05, 4.69) is 0 Å². The minimum atomic E-state index is -0.500. The van der Waals surface area contributed by atoms with Crippen LogP contribution < -0.4 is 0 Å². The van der Waals surface area contributed by atoms with E-state index in [4.69, 9.17) is 0 Å². The highest BCUT2D eigenvalue weighted by Gasteiger charge is 2.22. The molecular weight excluding hydrogens is 247 g/mol. The molecule has 2 rings (SSSR count). The standard InChI is InChI=1S/C14H17FN2O2/c1-11(18)16-7-4-8-17(10-9-16)14(19)12-5-2-3-6-13(12)15/h2-3,5-6H,4,7-10H2,1H3. The lowest BCUT2D eigenvalue weighted by Crippen LogP contribution is -2.36. The molecule has 5 heteroatoms. The first-order chi connectivity index (χ1) is 9.09. The molecule has 1 aromatic carbocycles. The molecule has 1 fully saturated rings. The van der Waals surface area contributed by atoms with Crippen molar-refractivity contribution in [2.45, 2.75) is 13.3 Å². The van der Waals surface area contributed by atoms with Gasteiger partial charge in [0.1, 0.15) is 5.82 Å². The van der Waals surface area contributed by atoms with Crippen LogP contribution in [0, 0.1) is 5.82 Å². The molecule has 0 spiro atoms. The van der Waals surface area contributed by atoms with Gasteiger partial charge >= 0.3 is 0 Å². The average molecular weight is 264 g/mol. The van der Waals surface area contributed by atoms with Crippen LogP contribution in [0.25, 0.3) is 0 Å². The summed E-state index contributed by atoms with van der Waals surface area (Å²) in [5.41, 5.74) is 0.0961. The Kier molecular flexibility index (Phi) is 4.14. The monoisotopic (exact) mass is 264 g/mol. The number of hydrogen-bond acceptors (Lipinski definition) is 2. The number of carbonyl (C=O) groups is 2. The largest absolute Gasteiger partial charge is 0.341 e. The Hall–Kier alpha value is -1.91. The highest BCUT2D eigenvalue weighted by Crippen LogP contribution is 2.12. The van der Waals surface area contributed by atoms with Gasteiger partial charge in [-0.15, -0.1) is 0 Å². The Balaban J connectivity index is 2.08. The molecule has 0 bridgehead atoms. The predicted octanol–water partition coefficient (Wildman–Crippen LogP) is 1.52. The molecule has 1 aromatic rings. The molecule has 0 aromatic heterocycles. The first-order valence-corrected chi connectivity index (χ1v) is 6.39. The number of rotatable bonds is 1. The number of hydrogen-bond donors (Lipinski definition) is 0. The Morgan fingerprint density at radius 3 is 2.37 bits per heavy atom. The zero-order valence-corrected chi connectivity index (χ0v) is 10.9. The highest BCUT2D eigenvalue weighted by molar-refractivity contribution is 5.94. The maximum atomic E-state index is 13.6. The second-order valence-corrected chi connectivity index (χ2v) is 4.63. The number of benzene rings is 1. The molecule has 0 atom stereocenters. The van der Waals surface area contributed by atoms with Crippen molar-refractivity contribution in [3.63, 3.8) is 0 Å². The molecule has 1 saturated heterocycles. The van der Waals surface area contributed by atoms with Crippen LogP contribution in [0.3, 0.4) is 0 Å². The molecular formula is C14H17FN2O2.